The number of carbonyl (C=O) groups excluding carboxylic acids is 1. The monoisotopic (exact) mass is 203 g/mol. The minimum atomic E-state index is 0.0196. The van der Waals surface area contributed by atoms with Crippen LogP contribution in [0.2, 0.25) is 0 Å². The van der Waals surface area contributed by atoms with Crippen molar-refractivity contribution >= 4 is 5.91 Å². The standard InChI is InChI=1S/C12H13NO2/c14-6-2-1-3-9-4-5-10-8-13-12(15)11(10)7-9/h7,14H,2,4-6,8H2,(H,13,15). The summed E-state index contributed by atoms with van der Waals surface area (Å²) in [7, 11) is 0. The number of aliphatic hydroxyl groups is 1. The Kier molecular flexibility index (Phi) is 2.89. The third kappa shape index (κ3) is 2.11. The quantitative estimate of drug-likeness (QED) is 0.610. The Bertz CT molecular complexity index is 407. The Labute approximate surface area is 88.9 Å². The molecule has 0 atom stereocenters. The highest BCUT2D eigenvalue weighted by Crippen LogP contribution is 2.26. The van der Waals surface area contributed by atoms with Crippen molar-refractivity contribution in [2.24, 2.45) is 0 Å². The second-order valence-electron chi connectivity index (χ2n) is 3.64. The maximum atomic E-state index is 11.4. The number of allylic oxidation sites excluding steroid dienone is 1. The summed E-state index contributed by atoms with van der Waals surface area (Å²) >= 11 is 0. The largest absolute Gasteiger partial charge is 0.395 e. The molecule has 2 aliphatic rings. The first-order chi connectivity index (χ1) is 7.31. The van der Waals surface area contributed by atoms with Gasteiger partial charge >= 0.3 is 0 Å². The number of rotatable bonds is 1. The fourth-order valence-corrected chi connectivity index (χ4v) is 1.79. The Morgan fingerprint density at radius 2 is 2.33 bits per heavy atom. The zero-order valence-electron chi connectivity index (χ0n) is 8.47. The molecule has 1 heterocycles. The van der Waals surface area contributed by atoms with Gasteiger partial charge in [0, 0.05) is 24.1 Å². The van der Waals surface area contributed by atoms with Crippen LogP contribution in [0, 0.1) is 11.8 Å². The van der Waals surface area contributed by atoms with Gasteiger partial charge in [-0.15, -0.1) is 0 Å². The van der Waals surface area contributed by atoms with E-state index in [0.29, 0.717) is 13.0 Å². The van der Waals surface area contributed by atoms with E-state index >= 15 is 0 Å². The molecule has 3 heteroatoms. The van der Waals surface area contributed by atoms with Gasteiger partial charge in [-0.1, -0.05) is 11.8 Å². The number of aliphatic hydroxyl groups excluding tert-OH is 1. The zero-order valence-corrected chi connectivity index (χ0v) is 8.47. The fraction of sp³-hybridized carbons (Fsp3) is 0.417. The van der Waals surface area contributed by atoms with Crippen molar-refractivity contribution < 1.29 is 9.90 Å². The molecule has 3 nitrogen and oxygen atoms in total. The van der Waals surface area contributed by atoms with Gasteiger partial charge in [0.05, 0.1) is 6.61 Å². The second-order valence-corrected chi connectivity index (χ2v) is 3.64. The predicted octanol–water partition coefficient (Wildman–Crippen LogP) is 0.519. The highest BCUT2D eigenvalue weighted by atomic mass is 16.2. The molecule has 1 aliphatic heterocycles. The molecule has 0 aromatic rings. The molecular formula is C12H13NO2. The van der Waals surface area contributed by atoms with Crippen LogP contribution in [0.25, 0.3) is 0 Å². The van der Waals surface area contributed by atoms with Crippen LogP contribution in [-0.2, 0) is 4.79 Å². The van der Waals surface area contributed by atoms with Gasteiger partial charge in [-0.3, -0.25) is 4.79 Å². The van der Waals surface area contributed by atoms with E-state index in [2.05, 4.69) is 17.2 Å². The van der Waals surface area contributed by atoms with Crippen LogP contribution in [0.1, 0.15) is 19.3 Å². The molecule has 1 aliphatic carbocycles. The first-order valence-electron chi connectivity index (χ1n) is 5.12. The lowest BCUT2D eigenvalue weighted by atomic mass is 9.94. The van der Waals surface area contributed by atoms with E-state index in [0.717, 1.165) is 24.0 Å². The molecule has 0 radical (unpaired) electrons. The minimum absolute atomic E-state index is 0.0196. The van der Waals surface area contributed by atoms with Crippen LogP contribution in [0.15, 0.2) is 22.8 Å². The van der Waals surface area contributed by atoms with E-state index in [1.54, 1.807) is 0 Å². The Hall–Kier alpha value is -1.53. The summed E-state index contributed by atoms with van der Waals surface area (Å²) < 4.78 is 0. The van der Waals surface area contributed by atoms with Crippen molar-refractivity contribution in [1.82, 2.24) is 5.32 Å². The van der Waals surface area contributed by atoms with E-state index in [1.165, 1.54) is 5.57 Å². The molecule has 0 aromatic heterocycles. The van der Waals surface area contributed by atoms with E-state index in [-0.39, 0.29) is 12.5 Å². The van der Waals surface area contributed by atoms with E-state index in [4.69, 9.17) is 5.11 Å². The Balaban J connectivity index is 2.14. The maximum Gasteiger partial charge on any atom is 0.251 e. The van der Waals surface area contributed by atoms with Gasteiger partial charge in [0.15, 0.2) is 0 Å². The number of carbonyl (C=O) groups is 1. The molecule has 0 bridgehead atoms. The van der Waals surface area contributed by atoms with Crippen LogP contribution >= 0.6 is 0 Å². The van der Waals surface area contributed by atoms with Crippen molar-refractivity contribution in [1.29, 1.82) is 0 Å². The topological polar surface area (TPSA) is 49.3 Å². The van der Waals surface area contributed by atoms with Crippen LogP contribution in [0.4, 0.5) is 0 Å². The lowest BCUT2D eigenvalue weighted by molar-refractivity contribution is -0.116. The van der Waals surface area contributed by atoms with E-state index < -0.39 is 0 Å². The first kappa shape index (κ1) is 10.0. The molecule has 2 rings (SSSR count). The molecule has 0 unspecified atom stereocenters. The van der Waals surface area contributed by atoms with Crippen LogP contribution in [0.5, 0.6) is 0 Å². The van der Waals surface area contributed by atoms with Gasteiger partial charge in [0.25, 0.3) is 5.91 Å². The summed E-state index contributed by atoms with van der Waals surface area (Å²) in [5.41, 5.74) is 3.00. The van der Waals surface area contributed by atoms with E-state index in [1.807, 2.05) is 6.08 Å². The van der Waals surface area contributed by atoms with Crippen LogP contribution in [0.3, 0.4) is 0 Å². The van der Waals surface area contributed by atoms with Gasteiger partial charge in [0.2, 0.25) is 0 Å². The summed E-state index contributed by atoms with van der Waals surface area (Å²) in [6, 6.07) is 0. The van der Waals surface area contributed by atoms with E-state index in [9.17, 15) is 4.79 Å². The number of hydrogen-bond acceptors (Lipinski definition) is 2. The SMILES string of the molecule is O=C1NCC2=C1C=C(C#CCCO)CC2. The molecule has 0 saturated heterocycles. The molecule has 78 valence electrons. The third-order valence-corrected chi connectivity index (χ3v) is 2.59. The normalized spacial score (nSPS) is 19.0. The van der Waals surface area contributed by atoms with Crippen molar-refractivity contribution in [2.45, 2.75) is 19.3 Å². The van der Waals surface area contributed by atoms with Crippen molar-refractivity contribution in [2.75, 3.05) is 13.2 Å². The molecule has 2 N–H and O–H groups in total. The molecule has 0 fully saturated rings. The van der Waals surface area contributed by atoms with Crippen molar-refractivity contribution in [3.63, 3.8) is 0 Å². The third-order valence-electron chi connectivity index (χ3n) is 2.59. The average molecular weight is 203 g/mol. The smallest absolute Gasteiger partial charge is 0.251 e. The van der Waals surface area contributed by atoms with Crippen molar-refractivity contribution in [3.05, 3.63) is 22.8 Å². The highest BCUT2D eigenvalue weighted by molar-refractivity contribution is 6.00. The Morgan fingerprint density at radius 3 is 3.13 bits per heavy atom. The summed E-state index contributed by atoms with van der Waals surface area (Å²) in [6.07, 6.45) is 4.21. The van der Waals surface area contributed by atoms with Crippen molar-refractivity contribution in [3.8, 4) is 11.8 Å². The molecule has 15 heavy (non-hydrogen) atoms. The molecule has 1 amide bonds. The number of amides is 1. The second kappa shape index (κ2) is 4.33. The van der Waals surface area contributed by atoms with Crippen LogP contribution < -0.4 is 5.32 Å². The molecule has 0 saturated carbocycles. The summed E-state index contributed by atoms with van der Waals surface area (Å²) in [4.78, 5) is 11.4. The number of nitrogens with one attached hydrogen (secondary N) is 1. The lowest BCUT2D eigenvalue weighted by Crippen LogP contribution is -2.16. The summed E-state index contributed by atoms with van der Waals surface area (Å²) in [5, 5.41) is 11.4. The van der Waals surface area contributed by atoms with Crippen LogP contribution in [-0.4, -0.2) is 24.2 Å². The molecule has 0 aromatic carbocycles. The predicted molar refractivity (Wildman–Crippen MR) is 56.8 cm³/mol. The minimum Gasteiger partial charge on any atom is -0.395 e. The average Bonchev–Trinajstić information content (AvgIpc) is 2.61. The number of hydrogen-bond donors (Lipinski definition) is 2. The summed E-state index contributed by atoms with van der Waals surface area (Å²) in [5.74, 6) is 5.89. The van der Waals surface area contributed by atoms with Gasteiger partial charge in [-0.2, -0.15) is 0 Å². The summed E-state index contributed by atoms with van der Waals surface area (Å²) in [6.45, 7) is 0.788. The van der Waals surface area contributed by atoms with Gasteiger partial charge in [-0.25, -0.2) is 0 Å². The van der Waals surface area contributed by atoms with Gasteiger partial charge in [0.1, 0.15) is 0 Å². The maximum absolute atomic E-state index is 11.4. The molecular weight excluding hydrogens is 190 g/mol. The van der Waals surface area contributed by atoms with Gasteiger partial charge < -0.3 is 10.4 Å². The fourth-order valence-electron chi connectivity index (χ4n) is 1.79. The zero-order chi connectivity index (χ0) is 10.7. The lowest BCUT2D eigenvalue weighted by Gasteiger charge is -2.08. The van der Waals surface area contributed by atoms with Gasteiger partial charge in [-0.05, 0) is 24.5 Å². The molecule has 0 spiro atoms. The highest BCUT2D eigenvalue weighted by Gasteiger charge is 2.23. The first-order valence-corrected chi connectivity index (χ1v) is 5.12. The Morgan fingerprint density at radius 1 is 1.47 bits per heavy atom.